The number of aryl methyl sites for hydroxylation is 1. The summed E-state index contributed by atoms with van der Waals surface area (Å²) in [5.74, 6) is 0.661. The van der Waals surface area contributed by atoms with Gasteiger partial charge < -0.3 is 15.7 Å². The zero-order valence-electron chi connectivity index (χ0n) is 15.0. The predicted molar refractivity (Wildman–Crippen MR) is 100 cm³/mol. The van der Waals surface area contributed by atoms with Gasteiger partial charge in [-0.2, -0.15) is 9.90 Å². The van der Waals surface area contributed by atoms with Crippen molar-refractivity contribution in [2.24, 2.45) is 7.05 Å². The van der Waals surface area contributed by atoms with Crippen molar-refractivity contribution in [3.05, 3.63) is 36.2 Å². The molecular formula is C18H21N7O2. The minimum atomic E-state index is -0.271. The van der Waals surface area contributed by atoms with Gasteiger partial charge >= 0.3 is 0 Å². The number of carbonyl (C=O) groups is 1. The maximum Gasteiger partial charge on any atom is 0.256 e. The molecule has 9 nitrogen and oxygen atoms in total. The highest BCUT2D eigenvalue weighted by Gasteiger charge is 2.20. The summed E-state index contributed by atoms with van der Waals surface area (Å²) in [5.41, 5.74) is 1.17. The van der Waals surface area contributed by atoms with Crippen molar-refractivity contribution < 1.29 is 9.90 Å². The Kier molecular flexibility index (Phi) is 4.68. The molecule has 3 aromatic rings. The molecule has 0 saturated heterocycles. The van der Waals surface area contributed by atoms with Crippen LogP contribution in [0.25, 0.3) is 10.9 Å². The summed E-state index contributed by atoms with van der Waals surface area (Å²) in [6.45, 7) is 0. The molecule has 1 amide bonds. The van der Waals surface area contributed by atoms with Gasteiger partial charge in [0.05, 0.1) is 17.8 Å². The van der Waals surface area contributed by atoms with E-state index in [-0.39, 0.29) is 18.1 Å². The normalized spacial score (nSPS) is 19.8. The van der Waals surface area contributed by atoms with E-state index >= 15 is 0 Å². The zero-order chi connectivity index (χ0) is 18.8. The molecule has 2 aromatic heterocycles. The second-order valence-corrected chi connectivity index (χ2v) is 6.79. The molecule has 1 aliphatic carbocycles. The van der Waals surface area contributed by atoms with E-state index < -0.39 is 0 Å². The largest absolute Gasteiger partial charge is 0.393 e. The van der Waals surface area contributed by atoms with Gasteiger partial charge in [-0.3, -0.25) is 4.79 Å². The van der Waals surface area contributed by atoms with Crippen LogP contribution in [0.3, 0.4) is 0 Å². The molecule has 0 spiro atoms. The first-order valence-electron chi connectivity index (χ1n) is 8.96. The fourth-order valence-corrected chi connectivity index (χ4v) is 3.23. The lowest BCUT2D eigenvalue weighted by molar-refractivity contribution is 0.102. The van der Waals surface area contributed by atoms with E-state index in [0.29, 0.717) is 22.8 Å². The van der Waals surface area contributed by atoms with Gasteiger partial charge in [-0.05, 0) is 37.8 Å². The van der Waals surface area contributed by atoms with Crippen molar-refractivity contribution in [2.45, 2.75) is 37.8 Å². The molecule has 3 N–H and O–H groups in total. The molecule has 1 aliphatic rings. The Labute approximate surface area is 155 Å². The molecule has 2 heterocycles. The first kappa shape index (κ1) is 17.3. The van der Waals surface area contributed by atoms with Crippen molar-refractivity contribution in [1.82, 2.24) is 25.0 Å². The quantitative estimate of drug-likeness (QED) is 0.642. The molecular weight excluding hydrogens is 346 g/mol. The fraction of sp³-hybridized carbons (Fsp3) is 0.389. The summed E-state index contributed by atoms with van der Waals surface area (Å²) in [4.78, 5) is 22.7. The smallest absolute Gasteiger partial charge is 0.256 e. The van der Waals surface area contributed by atoms with Crippen LogP contribution in [0, 0.1) is 0 Å². The zero-order valence-corrected chi connectivity index (χ0v) is 15.0. The van der Waals surface area contributed by atoms with E-state index in [0.717, 1.165) is 31.1 Å². The number of aliphatic hydroxyl groups excluding tert-OH is 1. The minimum Gasteiger partial charge on any atom is -0.393 e. The first-order valence-corrected chi connectivity index (χ1v) is 8.96. The highest BCUT2D eigenvalue weighted by molar-refractivity contribution is 6.05. The van der Waals surface area contributed by atoms with Crippen LogP contribution in [0.4, 0.5) is 11.8 Å². The lowest BCUT2D eigenvalue weighted by Crippen LogP contribution is -2.28. The third kappa shape index (κ3) is 4.03. The minimum absolute atomic E-state index is 0.198. The Bertz CT molecular complexity index is 963. The molecule has 0 atom stereocenters. The summed E-state index contributed by atoms with van der Waals surface area (Å²) in [6, 6.07) is 5.54. The van der Waals surface area contributed by atoms with Crippen molar-refractivity contribution in [3.8, 4) is 0 Å². The lowest BCUT2D eigenvalue weighted by atomic mass is 9.93. The van der Waals surface area contributed by atoms with Gasteiger partial charge in [0.2, 0.25) is 5.95 Å². The topological polar surface area (TPSA) is 118 Å². The summed E-state index contributed by atoms with van der Waals surface area (Å²) in [7, 11) is 1.68. The number of anilines is 2. The second-order valence-electron chi connectivity index (χ2n) is 6.79. The van der Waals surface area contributed by atoms with E-state index in [4.69, 9.17) is 0 Å². The van der Waals surface area contributed by atoms with Crippen LogP contribution >= 0.6 is 0 Å². The molecule has 9 heteroatoms. The van der Waals surface area contributed by atoms with Gasteiger partial charge in [0.15, 0.2) is 5.82 Å². The Balaban J connectivity index is 1.51. The number of rotatable bonds is 4. The Hall–Kier alpha value is -3.07. The number of nitrogens with one attached hydrogen (secondary N) is 2. The molecule has 0 aliphatic heterocycles. The van der Waals surface area contributed by atoms with E-state index in [1.54, 1.807) is 25.4 Å². The second kappa shape index (κ2) is 7.28. The molecule has 140 valence electrons. The van der Waals surface area contributed by atoms with Gasteiger partial charge in [-0.1, -0.05) is 6.07 Å². The molecule has 4 rings (SSSR count). The van der Waals surface area contributed by atoms with E-state index in [1.165, 1.54) is 11.0 Å². The van der Waals surface area contributed by atoms with Crippen molar-refractivity contribution in [2.75, 3.05) is 10.6 Å². The van der Waals surface area contributed by atoms with Crippen LogP contribution in [0.15, 0.2) is 30.6 Å². The Morgan fingerprint density at radius 2 is 2.04 bits per heavy atom. The van der Waals surface area contributed by atoms with Crippen molar-refractivity contribution in [3.63, 3.8) is 0 Å². The molecule has 0 radical (unpaired) electrons. The number of aliphatic hydroxyl groups is 1. The monoisotopic (exact) mass is 367 g/mol. The molecule has 0 bridgehead atoms. The number of benzene rings is 1. The summed E-state index contributed by atoms with van der Waals surface area (Å²) in [6.07, 6.45) is 6.40. The molecule has 1 fully saturated rings. The number of carbonyl (C=O) groups excluding carboxylic acids is 1. The predicted octanol–water partition coefficient (Wildman–Crippen LogP) is 1.73. The van der Waals surface area contributed by atoms with Gasteiger partial charge in [0.1, 0.15) is 0 Å². The number of hydrogen-bond acceptors (Lipinski definition) is 7. The molecule has 27 heavy (non-hydrogen) atoms. The third-order valence-corrected chi connectivity index (χ3v) is 4.72. The standard InChI is InChI=1S/C18H21N7O2/c1-25-20-10-16(24-25)23-17(27)11-2-3-12-9-19-18(22-15(12)8-11)21-13-4-6-14(26)7-5-13/h2-3,8-10,13-14,26H,4-7H2,1H3,(H,19,21,22)(H,23,24,27)/t13-,14-. The number of fused-ring (bicyclic) bond motifs is 1. The van der Waals surface area contributed by atoms with Crippen molar-refractivity contribution >= 4 is 28.6 Å². The van der Waals surface area contributed by atoms with Gasteiger partial charge in [0, 0.05) is 30.2 Å². The molecule has 1 saturated carbocycles. The maximum atomic E-state index is 12.4. The van der Waals surface area contributed by atoms with E-state index in [9.17, 15) is 9.90 Å². The van der Waals surface area contributed by atoms with Crippen LogP contribution in [0.2, 0.25) is 0 Å². The van der Waals surface area contributed by atoms with Gasteiger partial charge in [-0.25, -0.2) is 9.97 Å². The lowest BCUT2D eigenvalue weighted by Gasteiger charge is -2.26. The molecule has 1 aromatic carbocycles. The fourth-order valence-electron chi connectivity index (χ4n) is 3.23. The highest BCUT2D eigenvalue weighted by Crippen LogP contribution is 2.22. The Morgan fingerprint density at radius 3 is 2.78 bits per heavy atom. The van der Waals surface area contributed by atoms with Crippen LogP contribution in [0.1, 0.15) is 36.0 Å². The number of nitrogens with zero attached hydrogens (tertiary/aromatic N) is 5. The van der Waals surface area contributed by atoms with Gasteiger partial charge in [-0.15, -0.1) is 5.10 Å². The summed E-state index contributed by atoms with van der Waals surface area (Å²) in [5, 5.41) is 24.5. The number of aromatic nitrogens is 5. The summed E-state index contributed by atoms with van der Waals surface area (Å²) < 4.78 is 0. The van der Waals surface area contributed by atoms with Gasteiger partial charge in [0.25, 0.3) is 5.91 Å². The maximum absolute atomic E-state index is 12.4. The number of hydrogen-bond donors (Lipinski definition) is 3. The Morgan fingerprint density at radius 1 is 1.22 bits per heavy atom. The van der Waals surface area contributed by atoms with Crippen LogP contribution < -0.4 is 10.6 Å². The average molecular weight is 367 g/mol. The first-order chi connectivity index (χ1) is 13.1. The highest BCUT2D eigenvalue weighted by atomic mass is 16.3. The average Bonchev–Trinajstić information content (AvgIpc) is 3.07. The summed E-state index contributed by atoms with van der Waals surface area (Å²) >= 11 is 0. The van der Waals surface area contributed by atoms with E-state index in [2.05, 4.69) is 30.8 Å². The number of amides is 1. The van der Waals surface area contributed by atoms with Crippen molar-refractivity contribution in [1.29, 1.82) is 0 Å². The third-order valence-electron chi connectivity index (χ3n) is 4.72. The van der Waals surface area contributed by atoms with Crippen LogP contribution in [-0.4, -0.2) is 48.1 Å². The van der Waals surface area contributed by atoms with Crippen LogP contribution in [0.5, 0.6) is 0 Å². The van der Waals surface area contributed by atoms with Crippen LogP contribution in [-0.2, 0) is 7.05 Å². The SMILES string of the molecule is Cn1ncc(NC(=O)c2ccc3cnc(N[C@H]4CC[C@H](O)CC4)nc3c2)n1. The molecule has 0 unspecified atom stereocenters. The van der Waals surface area contributed by atoms with E-state index in [1.807, 2.05) is 6.07 Å².